The van der Waals surface area contributed by atoms with Gasteiger partial charge >= 0.3 is 5.97 Å². The van der Waals surface area contributed by atoms with E-state index in [1.165, 1.54) is 4.90 Å². The van der Waals surface area contributed by atoms with Crippen LogP contribution in [0.1, 0.15) is 58.8 Å². The first-order valence-corrected chi connectivity index (χ1v) is 19.1. The van der Waals surface area contributed by atoms with Gasteiger partial charge in [-0.3, -0.25) is 38.4 Å². The largest absolute Gasteiger partial charge is 0.480 e. The van der Waals surface area contributed by atoms with Crippen molar-refractivity contribution in [3.63, 3.8) is 0 Å². The maximum absolute atomic E-state index is 13.4. The lowest BCUT2D eigenvalue weighted by molar-refractivity contribution is -0.141. The van der Waals surface area contributed by atoms with Crippen LogP contribution in [0.3, 0.4) is 0 Å². The lowest BCUT2D eigenvalue weighted by Gasteiger charge is -2.29. The lowest BCUT2D eigenvalue weighted by atomic mass is 10.0. The summed E-state index contributed by atoms with van der Waals surface area (Å²) in [5.74, 6) is -8.38. The van der Waals surface area contributed by atoms with Gasteiger partial charge in [-0.15, -0.1) is 0 Å². The number of nitrogens with two attached hydrogens (primary N) is 3. The number of hydrogen-bond acceptors (Lipinski definition) is 14. The zero-order chi connectivity index (χ0) is 41.8. The van der Waals surface area contributed by atoms with Crippen LogP contribution < -0.4 is 49.1 Å². The van der Waals surface area contributed by atoms with E-state index < -0.39 is 115 Å². The van der Waals surface area contributed by atoms with Crippen molar-refractivity contribution in [2.75, 3.05) is 37.7 Å². The van der Waals surface area contributed by atoms with Gasteiger partial charge in [0.1, 0.15) is 36.3 Å². The molecule has 0 spiro atoms. The molecule has 14 N–H and O–H groups in total. The number of nitrogens with one attached hydrogen (secondary N) is 6. The minimum Gasteiger partial charge on any atom is -0.480 e. The fourth-order valence-electron chi connectivity index (χ4n) is 5.42. The third-order valence-corrected chi connectivity index (χ3v) is 9.30. The summed E-state index contributed by atoms with van der Waals surface area (Å²) in [6.07, 6.45) is 1.11. The lowest BCUT2D eigenvalue weighted by Crippen LogP contribution is -2.60. The number of carboxylic acid groups (broad SMARTS) is 1. The topological polar surface area (TPSA) is 348 Å². The summed E-state index contributed by atoms with van der Waals surface area (Å²) in [5, 5.41) is 33.6. The van der Waals surface area contributed by atoms with Crippen molar-refractivity contribution in [1.29, 1.82) is 0 Å². The standard InChI is InChI=1S/C32H56N10O11S2/c1-16(2)25(41-29(49)22-7-5-11-42(22)31(51)17(34)14-54)30(50)39-20(13-43)28(48)38-18(6-3-4-10-33)26(46)36-12-24(45)37-19(8-9-23(35)44)27(47)40-21(15-55)32(52)53/h16-22,25,43,54-55H,3-15,33-34H2,1-2H3,(H2,35,44)(H,36,46)(H,37,45)(H,38,48)(H,39,50)(H,40,47)(H,41,49)(H,52,53)/t17-,18-,19-,20-,21-,22-,25-/m0/s1. The van der Waals surface area contributed by atoms with Crippen LogP contribution in [-0.4, -0.2) is 148 Å². The van der Waals surface area contributed by atoms with Crippen LogP contribution in [0.5, 0.6) is 0 Å². The first kappa shape index (κ1) is 48.8. The second-order valence-electron chi connectivity index (χ2n) is 13.2. The summed E-state index contributed by atoms with van der Waals surface area (Å²) in [4.78, 5) is 115. The molecule has 312 valence electrons. The molecule has 0 bridgehead atoms. The molecule has 0 aromatic heterocycles. The highest BCUT2D eigenvalue weighted by Crippen LogP contribution is 2.19. The Morgan fingerprint density at radius 1 is 0.800 bits per heavy atom. The predicted molar refractivity (Wildman–Crippen MR) is 204 cm³/mol. The highest BCUT2D eigenvalue weighted by molar-refractivity contribution is 7.80. The molecule has 0 radical (unpaired) electrons. The average Bonchev–Trinajstić information content (AvgIpc) is 3.64. The number of unbranched alkanes of at least 4 members (excludes halogenated alkanes) is 1. The highest BCUT2D eigenvalue weighted by Gasteiger charge is 2.38. The van der Waals surface area contributed by atoms with Gasteiger partial charge in [0.2, 0.25) is 47.3 Å². The van der Waals surface area contributed by atoms with Gasteiger partial charge in [0.15, 0.2) is 0 Å². The van der Waals surface area contributed by atoms with Crippen LogP contribution in [0, 0.1) is 5.92 Å². The fraction of sp³-hybridized carbons (Fsp3) is 0.719. The molecule has 1 rings (SSSR count). The molecule has 8 amide bonds. The monoisotopic (exact) mass is 820 g/mol. The van der Waals surface area contributed by atoms with E-state index in [9.17, 15) is 53.4 Å². The third kappa shape index (κ3) is 16.6. The van der Waals surface area contributed by atoms with Crippen molar-refractivity contribution in [1.82, 2.24) is 36.8 Å². The van der Waals surface area contributed by atoms with Gasteiger partial charge in [-0.1, -0.05) is 13.8 Å². The molecule has 0 unspecified atom stereocenters. The maximum Gasteiger partial charge on any atom is 0.327 e. The van der Waals surface area contributed by atoms with E-state index in [-0.39, 0.29) is 37.3 Å². The summed E-state index contributed by atoms with van der Waals surface area (Å²) in [7, 11) is 0. The molecule has 0 aliphatic carbocycles. The molecular weight excluding hydrogens is 765 g/mol. The number of nitrogens with zero attached hydrogens (tertiary/aromatic N) is 1. The quantitative estimate of drug-likeness (QED) is 0.0303. The van der Waals surface area contributed by atoms with Gasteiger partial charge in [0.25, 0.3) is 0 Å². The maximum atomic E-state index is 13.4. The number of carbonyl (C=O) groups is 9. The van der Waals surface area contributed by atoms with E-state index in [2.05, 4.69) is 57.2 Å². The van der Waals surface area contributed by atoms with E-state index in [1.54, 1.807) is 13.8 Å². The van der Waals surface area contributed by atoms with E-state index in [1.807, 2.05) is 0 Å². The van der Waals surface area contributed by atoms with Crippen molar-refractivity contribution >= 4 is 78.5 Å². The van der Waals surface area contributed by atoms with Crippen LogP contribution in [0.4, 0.5) is 0 Å². The van der Waals surface area contributed by atoms with Crippen molar-refractivity contribution in [2.45, 2.75) is 101 Å². The smallest absolute Gasteiger partial charge is 0.327 e. The Hall–Kier alpha value is -4.19. The number of carbonyl (C=O) groups excluding carboxylic acids is 8. The Morgan fingerprint density at radius 3 is 1.95 bits per heavy atom. The van der Waals surface area contributed by atoms with E-state index in [0.29, 0.717) is 32.2 Å². The molecule has 0 saturated carbocycles. The first-order chi connectivity index (χ1) is 25.9. The summed E-state index contributed by atoms with van der Waals surface area (Å²) in [6, 6.07) is -8.63. The summed E-state index contributed by atoms with van der Waals surface area (Å²) < 4.78 is 0. The van der Waals surface area contributed by atoms with Crippen LogP contribution >= 0.6 is 25.3 Å². The highest BCUT2D eigenvalue weighted by atomic mass is 32.1. The number of carboxylic acids is 1. The number of aliphatic carboxylic acids is 1. The third-order valence-electron chi connectivity index (χ3n) is 8.55. The number of aliphatic hydroxyl groups is 1. The van der Waals surface area contributed by atoms with Gasteiger partial charge < -0.3 is 64.2 Å². The molecule has 0 aromatic carbocycles. The molecule has 1 heterocycles. The van der Waals surface area contributed by atoms with Crippen molar-refractivity contribution in [3.05, 3.63) is 0 Å². The average molecular weight is 821 g/mol. The number of primary amides is 1. The van der Waals surface area contributed by atoms with E-state index >= 15 is 0 Å². The Balaban J connectivity index is 3.00. The zero-order valence-electron chi connectivity index (χ0n) is 31.0. The van der Waals surface area contributed by atoms with Crippen LogP contribution in [0.15, 0.2) is 0 Å². The fourth-order valence-corrected chi connectivity index (χ4v) is 5.82. The van der Waals surface area contributed by atoms with Gasteiger partial charge in [-0.25, -0.2) is 4.79 Å². The molecule has 55 heavy (non-hydrogen) atoms. The molecule has 1 saturated heterocycles. The molecule has 1 aliphatic heterocycles. The second-order valence-corrected chi connectivity index (χ2v) is 14.0. The Labute approximate surface area is 329 Å². The number of aliphatic hydroxyl groups excluding tert-OH is 1. The molecule has 21 nitrogen and oxygen atoms in total. The van der Waals surface area contributed by atoms with Crippen LogP contribution in [0.2, 0.25) is 0 Å². The number of rotatable bonds is 25. The summed E-state index contributed by atoms with van der Waals surface area (Å²) in [5.41, 5.74) is 16.6. The van der Waals surface area contributed by atoms with Gasteiger partial charge in [-0.05, 0) is 51.0 Å². The van der Waals surface area contributed by atoms with Crippen molar-refractivity contribution in [3.8, 4) is 0 Å². The van der Waals surface area contributed by atoms with Crippen molar-refractivity contribution < 1.29 is 53.4 Å². The number of likely N-dealkylation sites (tertiary alicyclic amines) is 1. The number of amides is 8. The molecule has 23 heteroatoms. The van der Waals surface area contributed by atoms with E-state index in [4.69, 9.17) is 17.2 Å². The minimum atomic E-state index is -1.58. The number of thiol groups is 2. The molecule has 1 aliphatic rings. The molecule has 0 aromatic rings. The van der Waals surface area contributed by atoms with Crippen LogP contribution in [-0.2, 0) is 43.2 Å². The van der Waals surface area contributed by atoms with Gasteiger partial charge in [-0.2, -0.15) is 25.3 Å². The Morgan fingerprint density at radius 2 is 1.40 bits per heavy atom. The first-order valence-electron chi connectivity index (χ1n) is 17.8. The molecule has 1 fully saturated rings. The summed E-state index contributed by atoms with van der Waals surface area (Å²) >= 11 is 7.92. The number of hydrogen-bond donors (Lipinski definition) is 13. The zero-order valence-corrected chi connectivity index (χ0v) is 32.7. The normalized spacial score (nSPS) is 17.1. The predicted octanol–water partition coefficient (Wildman–Crippen LogP) is -5.17. The summed E-state index contributed by atoms with van der Waals surface area (Å²) in [6.45, 7) is 2.24. The second kappa shape index (κ2) is 25.1. The van der Waals surface area contributed by atoms with Gasteiger partial charge in [0, 0.05) is 24.5 Å². The Bertz CT molecular complexity index is 1380. The van der Waals surface area contributed by atoms with Crippen LogP contribution in [0.25, 0.3) is 0 Å². The molecular formula is C32H56N10O11S2. The molecule has 7 atom stereocenters. The van der Waals surface area contributed by atoms with Gasteiger partial charge in [0.05, 0.1) is 19.2 Å². The minimum absolute atomic E-state index is 0.0323. The van der Waals surface area contributed by atoms with E-state index in [0.717, 1.165) is 0 Å². The Kier molecular flexibility index (Phi) is 22.3. The van der Waals surface area contributed by atoms with Crippen molar-refractivity contribution in [2.24, 2.45) is 23.1 Å². The SMILES string of the molecule is CC(C)[C@H](NC(=O)[C@@H]1CCCN1C(=O)[C@@H](N)CS)C(=O)N[C@@H](CO)C(=O)N[C@@H](CCCCN)C(=O)NCC(=O)N[C@@H](CCC(N)=O)C(=O)N[C@@H](CS)C(=O)O.